The average molecular weight is 286 g/mol. The molecule has 0 saturated heterocycles. The van der Waals surface area contributed by atoms with Crippen LogP contribution in [0.2, 0.25) is 0 Å². The molecule has 0 heterocycles. The zero-order valence-electron chi connectivity index (χ0n) is 12.6. The minimum atomic E-state index is -0.641. The number of rotatable bonds is 3. The lowest BCUT2D eigenvalue weighted by molar-refractivity contribution is 0.253. The zero-order valence-corrected chi connectivity index (χ0v) is 12.6. The molecule has 4 nitrogen and oxygen atoms in total. The standard InChI is InChI=1S/C17H18O4/c1-13(18)9-7-5-6-8-10-14-11-15(19-2)17(21-4)16(12-14)20-3/h5-6,11-13,18H,1-4H3/b6-5-/t13-/m1/s1. The molecule has 110 valence electrons. The van der Waals surface area contributed by atoms with Gasteiger partial charge in [0, 0.05) is 5.56 Å². The maximum Gasteiger partial charge on any atom is 0.203 e. The van der Waals surface area contributed by atoms with E-state index in [9.17, 15) is 0 Å². The van der Waals surface area contributed by atoms with Crippen LogP contribution in [-0.2, 0) is 0 Å². The summed E-state index contributed by atoms with van der Waals surface area (Å²) in [6.45, 7) is 1.60. The third-order valence-electron chi connectivity index (χ3n) is 2.42. The molecule has 0 fully saturated rings. The Kier molecular flexibility index (Phi) is 6.74. The van der Waals surface area contributed by atoms with E-state index < -0.39 is 6.10 Å². The third-order valence-corrected chi connectivity index (χ3v) is 2.42. The van der Waals surface area contributed by atoms with Crippen molar-refractivity contribution in [1.29, 1.82) is 0 Å². The highest BCUT2D eigenvalue weighted by Crippen LogP contribution is 2.37. The van der Waals surface area contributed by atoms with E-state index in [1.807, 2.05) is 0 Å². The Labute approximate surface area is 125 Å². The Balaban J connectivity index is 2.98. The van der Waals surface area contributed by atoms with E-state index >= 15 is 0 Å². The lowest BCUT2D eigenvalue weighted by Gasteiger charge is -2.12. The van der Waals surface area contributed by atoms with Gasteiger partial charge in [0.15, 0.2) is 11.5 Å². The monoisotopic (exact) mass is 286 g/mol. The van der Waals surface area contributed by atoms with Crippen LogP contribution in [0.4, 0.5) is 0 Å². The molecule has 0 aromatic heterocycles. The van der Waals surface area contributed by atoms with E-state index in [4.69, 9.17) is 19.3 Å². The highest BCUT2D eigenvalue weighted by Gasteiger charge is 2.11. The Morgan fingerprint density at radius 3 is 2.05 bits per heavy atom. The van der Waals surface area contributed by atoms with E-state index in [1.165, 1.54) is 0 Å². The van der Waals surface area contributed by atoms with Crippen LogP contribution in [0, 0.1) is 23.7 Å². The number of methoxy groups -OCH3 is 3. The molecule has 1 rings (SSSR count). The van der Waals surface area contributed by atoms with Gasteiger partial charge in [0.2, 0.25) is 5.75 Å². The molecule has 1 aromatic carbocycles. The van der Waals surface area contributed by atoms with Crippen LogP contribution >= 0.6 is 0 Å². The number of hydrogen-bond acceptors (Lipinski definition) is 4. The second kappa shape index (κ2) is 8.58. The van der Waals surface area contributed by atoms with Crippen LogP contribution in [0.3, 0.4) is 0 Å². The highest BCUT2D eigenvalue weighted by molar-refractivity contribution is 5.57. The molecule has 0 aliphatic rings. The van der Waals surface area contributed by atoms with Crippen molar-refractivity contribution in [3.8, 4) is 40.9 Å². The predicted octanol–water partition coefficient (Wildman–Crippen LogP) is 2.00. The minimum Gasteiger partial charge on any atom is -0.493 e. The molecule has 0 aliphatic heterocycles. The van der Waals surface area contributed by atoms with Gasteiger partial charge in [0.05, 0.1) is 21.3 Å². The second-order valence-electron chi connectivity index (χ2n) is 3.98. The van der Waals surface area contributed by atoms with Gasteiger partial charge in [0.25, 0.3) is 0 Å². The molecule has 0 spiro atoms. The molecule has 0 unspecified atom stereocenters. The van der Waals surface area contributed by atoms with E-state index in [1.54, 1.807) is 52.5 Å². The Bertz CT molecular complexity index is 597. The van der Waals surface area contributed by atoms with E-state index in [2.05, 4.69) is 23.7 Å². The van der Waals surface area contributed by atoms with Crippen molar-refractivity contribution in [2.45, 2.75) is 13.0 Å². The Hall–Kier alpha value is -2.56. The smallest absolute Gasteiger partial charge is 0.203 e. The molecule has 21 heavy (non-hydrogen) atoms. The van der Waals surface area contributed by atoms with Crippen LogP contribution in [0.15, 0.2) is 24.3 Å². The van der Waals surface area contributed by atoms with Gasteiger partial charge in [0.1, 0.15) is 6.10 Å². The first-order valence-corrected chi connectivity index (χ1v) is 6.28. The van der Waals surface area contributed by atoms with Crippen molar-refractivity contribution in [3.63, 3.8) is 0 Å². The highest BCUT2D eigenvalue weighted by atomic mass is 16.5. The Morgan fingerprint density at radius 2 is 1.57 bits per heavy atom. The van der Waals surface area contributed by atoms with Crippen LogP contribution in [0.5, 0.6) is 17.2 Å². The molecule has 1 aromatic rings. The van der Waals surface area contributed by atoms with Crippen molar-refractivity contribution in [2.75, 3.05) is 21.3 Å². The van der Waals surface area contributed by atoms with Gasteiger partial charge in [-0.2, -0.15) is 0 Å². The van der Waals surface area contributed by atoms with Gasteiger partial charge in [-0.25, -0.2) is 0 Å². The summed E-state index contributed by atoms with van der Waals surface area (Å²) in [4.78, 5) is 0. The maximum absolute atomic E-state index is 8.97. The first-order valence-electron chi connectivity index (χ1n) is 6.28. The SMILES string of the molecule is COc1cc(C#C/C=C\C#C[C@@H](C)O)cc(OC)c1OC. The number of benzene rings is 1. The van der Waals surface area contributed by atoms with Gasteiger partial charge in [-0.1, -0.05) is 23.7 Å². The van der Waals surface area contributed by atoms with Crippen LogP contribution in [0.25, 0.3) is 0 Å². The number of aliphatic hydroxyl groups excluding tert-OH is 1. The molecule has 0 radical (unpaired) electrons. The van der Waals surface area contributed by atoms with Crippen LogP contribution in [-0.4, -0.2) is 32.5 Å². The molecule has 1 atom stereocenters. The average Bonchev–Trinajstić information content (AvgIpc) is 2.49. The fourth-order valence-corrected chi connectivity index (χ4v) is 1.53. The first kappa shape index (κ1) is 16.5. The van der Waals surface area contributed by atoms with Crippen molar-refractivity contribution in [3.05, 3.63) is 29.8 Å². The fraction of sp³-hybridized carbons (Fsp3) is 0.294. The molecule has 0 saturated carbocycles. The van der Waals surface area contributed by atoms with Gasteiger partial charge in [-0.15, -0.1) is 0 Å². The lowest BCUT2D eigenvalue weighted by atomic mass is 10.2. The van der Waals surface area contributed by atoms with Crippen molar-refractivity contribution in [1.82, 2.24) is 0 Å². The van der Waals surface area contributed by atoms with Crippen molar-refractivity contribution in [2.24, 2.45) is 0 Å². The number of ether oxygens (including phenoxy) is 3. The number of aliphatic hydroxyl groups is 1. The molecule has 0 bridgehead atoms. The summed E-state index contributed by atoms with van der Waals surface area (Å²) in [6, 6.07) is 3.54. The number of hydrogen-bond donors (Lipinski definition) is 1. The summed E-state index contributed by atoms with van der Waals surface area (Å²) < 4.78 is 15.7. The van der Waals surface area contributed by atoms with Gasteiger partial charge < -0.3 is 19.3 Å². The molecular weight excluding hydrogens is 268 g/mol. The largest absolute Gasteiger partial charge is 0.493 e. The summed E-state index contributed by atoms with van der Waals surface area (Å²) >= 11 is 0. The molecule has 0 amide bonds. The first-order chi connectivity index (χ1) is 10.1. The molecule has 4 heteroatoms. The quantitative estimate of drug-likeness (QED) is 0.864. The minimum absolute atomic E-state index is 0.531. The molecular formula is C17H18O4. The second-order valence-corrected chi connectivity index (χ2v) is 3.98. The summed E-state index contributed by atoms with van der Waals surface area (Å²) in [5.74, 6) is 12.7. The predicted molar refractivity (Wildman–Crippen MR) is 81.6 cm³/mol. The lowest BCUT2D eigenvalue weighted by Crippen LogP contribution is -1.95. The van der Waals surface area contributed by atoms with Gasteiger partial charge >= 0.3 is 0 Å². The van der Waals surface area contributed by atoms with Crippen LogP contribution < -0.4 is 14.2 Å². The fourth-order valence-electron chi connectivity index (χ4n) is 1.53. The number of allylic oxidation sites excluding steroid dienone is 2. The van der Waals surface area contributed by atoms with E-state index in [0.29, 0.717) is 17.2 Å². The topological polar surface area (TPSA) is 47.9 Å². The van der Waals surface area contributed by atoms with Crippen molar-refractivity contribution < 1.29 is 19.3 Å². The molecule has 0 aliphatic carbocycles. The van der Waals surface area contributed by atoms with Gasteiger partial charge in [-0.05, 0) is 31.2 Å². The van der Waals surface area contributed by atoms with Gasteiger partial charge in [-0.3, -0.25) is 0 Å². The normalized spacial score (nSPS) is 10.9. The Morgan fingerprint density at radius 1 is 1.00 bits per heavy atom. The maximum atomic E-state index is 8.97. The zero-order chi connectivity index (χ0) is 15.7. The summed E-state index contributed by atoms with van der Waals surface area (Å²) in [5.41, 5.74) is 0.734. The van der Waals surface area contributed by atoms with Crippen molar-refractivity contribution >= 4 is 0 Å². The van der Waals surface area contributed by atoms with E-state index in [0.717, 1.165) is 5.56 Å². The molecule has 1 N–H and O–H groups in total. The van der Waals surface area contributed by atoms with E-state index in [-0.39, 0.29) is 0 Å². The summed E-state index contributed by atoms with van der Waals surface area (Å²) in [5, 5.41) is 8.97. The van der Waals surface area contributed by atoms with Crippen LogP contribution in [0.1, 0.15) is 12.5 Å². The summed E-state index contributed by atoms with van der Waals surface area (Å²) in [7, 11) is 4.66. The summed E-state index contributed by atoms with van der Waals surface area (Å²) in [6.07, 6.45) is 2.55. The third kappa shape index (κ3) is 5.14.